The molecular formula is C18H18N2O. The maximum atomic E-state index is 6.18. The second kappa shape index (κ2) is 5.44. The highest BCUT2D eigenvalue weighted by Gasteiger charge is 2.07. The molecule has 106 valence electrons. The SMILES string of the molecule is CC(C)c1ccc(Oc2ccc3ncccc3c2N)cc1. The zero-order chi connectivity index (χ0) is 14.8. The molecule has 2 aromatic carbocycles. The van der Waals surface area contributed by atoms with E-state index in [4.69, 9.17) is 10.5 Å². The van der Waals surface area contributed by atoms with E-state index in [1.54, 1.807) is 6.20 Å². The van der Waals surface area contributed by atoms with Crippen LogP contribution < -0.4 is 10.5 Å². The molecular weight excluding hydrogens is 260 g/mol. The lowest BCUT2D eigenvalue weighted by molar-refractivity contribution is 0.485. The van der Waals surface area contributed by atoms with Crippen LogP contribution in [0.1, 0.15) is 25.3 Å². The van der Waals surface area contributed by atoms with Gasteiger partial charge < -0.3 is 10.5 Å². The summed E-state index contributed by atoms with van der Waals surface area (Å²) >= 11 is 0. The van der Waals surface area contributed by atoms with E-state index in [-0.39, 0.29) is 0 Å². The average molecular weight is 278 g/mol. The number of nitrogens with two attached hydrogens (primary N) is 1. The molecule has 3 aromatic rings. The van der Waals surface area contributed by atoms with E-state index in [2.05, 4.69) is 31.0 Å². The Morgan fingerprint density at radius 2 is 1.76 bits per heavy atom. The fourth-order valence-electron chi connectivity index (χ4n) is 2.29. The lowest BCUT2D eigenvalue weighted by Gasteiger charge is -2.11. The maximum absolute atomic E-state index is 6.18. The van der Waals surface area contributed by atoms with E-state index in [1.165, 1.54) is 5.56 Å². The van der Waals surface area contributed by atoms with E-state index >= 15 is 0 Å². The Bertz CT molecular complexity index is 764. The second-order valence-corrected chi connectivity index (χ2v) is 5.37. The number of anilines is 1. The van der Waals surface area contributed by atoms with E-state index in [1.807, 2.05) is 36.4 Å². The average Bonchev–Trinajstić information content (AvgIpc) is 2.51. The molecule has 0 aliphatic rings. The lowest BCUT2D eigenvalue weighted by Crippen LogP contribution is -1.94. The predicted molar refractivity (Wildman–Crippen MR) is 86.8 cm³/mol. The summed E-state index contributed by atoms with van der Waals surface area (Å²) < 4.78 is 5.90. The third kappa shape index (κ3) is 2.68. The molecule has 1 heterocycles. The quantitative estimate of drug-likeness (QED) is 0.704. The molecule has 3 heteroatoms. The molecule has 0 saturated heterocycles. The zero-order valence-corrected chi connectivity index (χ0v) is 12.2. The highest BCUT2D eigenvalue weighted by atomic mass is 16.5. The third-order valence-corrected chi connectivity index (χ3v) is 3.56. The van der Waals surface area contributed by atoms with Crippen LogP contribution in [0, 0.1) is 0 Å². The molecule has 0 atom stereocenters. The van der Waals surface area contributed by atoms with Crippen molar-refractivity contribution in [1.82, 2.24) is 4.98 Å². The number of pyridine rings is 1. The fraction of sp³-hybridized carbons (Fsp3) is 0.167. The number of nitrogens with zero attached hydrogens (tertiary/aromatic N) is 1. The summed E-state index contributed by atoms with van der Waals surface area (Å²) in [6.07, 6.45) is 1.76. The molecule has 0 aliphatic heterocycles. The van der Waals surface area contributed by atoms with E-state index < -0.39 is 0 Å². The third-order valence-electron chi connectivity index (χ3n) is 3.56. The Hall–Kier alpha value is -2.55. The van der Waals surface area contributed by atoms with Crippen LogP contribution in [0.2, 0.25) is 0 Å². The smallest absolute Gasteiger partial charge is 0.151 e. The van der Waals surface area contributed by atoms with Crippen LogP contribution in [-0.4, -0.2) is 4.98 Å². The van der Waals surface area contributed by atoms with Gasteiger partial charge in [-0.15, -0.1) is 0 Å². The topological polar surface area (TPSA) is 48.1 Å². The van der Waals surface area contributed by atoms with Crippen molar-refractivity contribution in [1.29, 1.82) is 0 Å². The largest absolute Gasteiger partial charge is 0.455 e. The second-order valence-electron chi connectivity index (χ2n) is 5.37. The van der Waals surface area contributed by atoms with Gasteiger partial charge in [0.1, 0.15) is 5.75 Å². The lowest BCUT2D eigenvalue weighted by atomic mass is 10.0. The number of rotatable bonds is 3. The molecule has 3 nitrogen and oxygen atoms in total. The van der Waals surface area contributed by atoms with Crippen molar-refractivity contribution in [2.45, 2.75) is 19.8 Å². The van der Waals surface area contributed by atoms with Crippen molar-refractivity contribution in [2.24, 2.45) is 0 Å². The van der Waals surface area contributed by atoms with Crippen LogP contribution >= 0.6 is 0 Å². The molecule has 0 unspecified atom stereocenters. The van der Waals surface area contributed by atoms with Gasteiger partial charge in [-0.2, -0.15) is 0 Å². The minimum absolute atomic E-state index is 0.510. The molecule has 0 amide bonds. The summed E-state index contributed by atoms with van der Waals surface area (Å²) in [5.41, 5.74) is 8.96. The molecule has 0 radical (unpaired) electrons. The zero-order valence-electron chi connectivity index (χ0n) is 12.2. The van der Waals surface area contributed by atoms with Crippen LogP contribution in [0.4, 0.5) is 5.69 Å². The summed E-state index contributed by atoms with van der Waals surface area (Å²) in [5.74, 6) is 1.96. The number of aromatic nitrogens is 1. The van der Waals surface area contributed by atoms with Crippen LogP contribution in [0.15, 0.2) is 54.7 Å². The van der Waals surface area contributed by atoms with E-state index in [9.17, 15) is 0 Å². The predicted octanol–water partition coefficient (Wildman–Crippen LogP) is 4.73. The highest BCUT2D eigenvalue weighted by Crippen LogP contribution is 2.33. The first-order chi connectivity index (χ1) is 10.1. The van der Waals surface area contributed by atoms with Gasteiger partial charge in [0.25, 0.3) is 0 Å². The van der Waals surface area contributed by atoms with E-state index in [0.717, 1.165) is 16.7 Å². The van der Waals surface area contributed by atoms with Crippen molar-refractivity contribution in [3.63, 3.8) is 0 Å². The Kier molecular flexibility index (Phi) is 3.48. The van der Waals surface area contributed by atoms with Gasteiger partial charge >= 0.3 is 0 Å². The monoisotopic (exact) mass is 278 g/mol. The molecule has 0 spiro atoms. The molecule has 21 heavy (non-hydrogen) atoms. The number of benzene rings is 2. The van der Waals surface area contributed by atoms with Gasteiger partial charge in [0.2, 0.25) is 0 Å². The number of hydrogen-bond donors (Lipinski definition) is 1. The van der Waals surface area contributed by atoms with Crippen LogP contribution in [-0.2, 0) is 0 Å². The van der Waals surface area contributed by atoms with Crippen LogP contribution in [0.5, 0.6) is 11.5 Å². The molecule has 0 saturated carbocycles. The van der Waals surface area contributed by atoms with Gasteiger partial charge in [-0.05, 0) is 47.9 Å². The van der Waals surface area contributed by atoms with Crippen molar-refractivity contribution in [3.05, 3.63) is 60.3 Å². The minimum Gasteiger partial charge on any atom is -0.455 e. The summed E-state index contributed by atoms with van der Waals surface area (Å²) in [6, 6.07) is 15.7. The standard InChI is InChI=1S/C18H18N2O/c1-12(2)13-5-7-14(8-6-13)21-17-10-9-16-15(18(17)19)4-3-11-20-16/h3-12H,19H2,1-2H3. The normalized spacial score (nSPS) is 11.0. The van der Waals surface area contributed by atoms with Crippen LogP contribution in [0.3, 0.4) is 0 Å². The molecule has 3 rings (SSSR count). The molecule has 0 fully saturated rings. The Morgan fingerprint density at radius 3 is 2.48 bits per heavy atom. The van der Waals surface area contributed by atoms with Crippen molar-refractivity contribution < 1.29 is 4.74 Å². The number of ether oxygens (including phenoxy) is 1. The number of fused-ring (bicyclic) bond motifs is 1. The first-order valence-corrected chi connectivity index (χ1v) is 7.06. The Morgan fingerprint density at radius 1 is 1.00 bits per heavy atom. The summed E-state index contributed by atoms with van der Waals surface area (Å²) in [4.78, 5) is 4.29. The van der Waals surface area contributed by atoms with Crippen LogP contribution in [0.25, 0.3) is 10.9 Å². The van der Waals surface area contributed by atoms with Gasteiger partial charge in [-0.1, -0.05) is 26.0 Å². The highest BCUT2D eigenvalue weighted by molar-refractivity contribution is 5.93. The summed E-state index contributed by atoms with van der Waals surface area (Å²) in [6.45, 7) is 4.34. The van der Waals surface area contributed by atoms with E-state index in [0.29, 0.717) is 17.4 Å². The number of nitrogen functional groups attached to an aromatic ring is 1. The Balaban J connectivity index is 1.92. The van der Waals surface area contributed by atoms with Gasteiger partial charge in [0, 0.05) is 11.6 Å². The van der Waals surface area contributed by atoms with Gasteiger partial charge in [0.15, 0.2) is 5.75 Å². The molecule has 0 bridgehead atoms. The van der Waals surface area contributed by atoms with Crippen molar-refractivity contribution in [3.8, 4) is 11.5 Å². The molecule has 0 aliphatic carbocycles. The van der Waals surface area contributed by atoms with Gasteiger partial charge in [-0.3, -0.25) is 4.98 Å². The Labute approximate surface area is 124 Å². The summed E-state index contributed by atoms with van der Waals surface area (Å²) in [7, 11) is 0. The minimum atomic E-state index is 0.510. The first kappa shape index (κ1) is 13.4. The first-order valence-electron chi connectivity index (χ1n) is 7.06. The van der Waals surface area contributed by atoms with Crippen molar-refractivity contribution >= 4 is 16.6 Å². The fourth-order valence-corrected chi connectivity index (χ4v) is 2.29. The maximum Gasteiger partial charge on any atom is 0.151 e. The van der Waals surface area contributed by atoms with Crippen molar-refractivity contribution in [2.75, 3.05) is 5.73 Å². The molecule has 1 aromatic heterocycles. The number of hydrogen-bond acceptors (Lipinski definition) is 3. The summed E-state index contributed by atoms with van der Waals surface area (Å²) in [5, 5.41) is 0.911. The molecule has 2 N–H and O–H groups in total. The van der Waals surface area contributed by atoms with Gasteiger partial charge in [-0.25, -0.2) is 0 Å². The van der Waals surface area contributed by atoms with Gasteiger partial charge in [0.05, 0.1) is 11.2 Å².